The van der Waals surface area contributed by atoms with Gasteiger partial charge in [0.1, 0.15) is 6.10 Å². The number of amides is 1. The summed E-state index contributed by atoms with van der Waals surface area (Å²) in [5.41, 5.74) is 0. The summed E-state index contributed by atoms with van der Waals surface area (Å²) >= 11 is 0. The number of unbranched alkanes of at least 4 members (excludes halogenated alkanes) is 16. The van der Waals surface area contributed by atoms with Gasteiger partial charge >= 0.3 is 0 Å². The Morgan fingerprint density at radius 2 is 1.15 bits per heavy atom. The van der Waals surface area contributed by atoms with Crippen LogP contribution in [0.5, 0.6) is 0 Å². The second-order valence-corrected chi connectivity index (χ2v) is 12.4. The SMILES string of the molecule is CCCC/C=C\CCCCCCC(O)C(=O)NC(CS(=O)(=O)O)C(O)/C=C/CCCCCCCCCCCC. The molecule has 8 heteroatoms. The van der Waals surface area contributed by atoms with E-state index in [9.17, 15) is 28.0 Å². The minimum absolute atomic E-state index is 0.265. The molecule has 0 aromatic rings. The Morgan fingerprint density at radius 1 is 0.692 bits per heavy atom. The summed E-state index contributed by atoms with van der Waals surface area (Å²) in [5, 5.41) is 23.1. The van der Waals surface area contributed by atoms with Crippen molar-refractivity contribution in [2.45, 2.75) is 161 Å². The molecular weight excluding hydrogens is 514 g/mol. The van der Waals surface area contributed by atoms with Crippen molar-refractivity contribution in [2.24, 2.45) is 0 Å². The highest BCUT2D eigenvalue weighted by atomic mass is 32.2. The summed E-state index contributed by atoms with van der Waals surface area (Å²) in [6, 6.07) is -1.23. The summed E-state index contributed by atoms with van der Waals surface area (Å²) < 4.78 is 32.2. The first-order valence-electron chi connectivity index (χ1n) is 15.6. The van der Waals surface area contributed by atoms with E-state index in [4.69, 9.17) is 0 Å². The van der Waals surface area contributed by atoms with Crippen LogP contribution in [-0.4, -0.2) is 53.1 Å². The third-order valence-electron chi connectivity index (χ3n) is 6.98. The Bertz CT molecular complexity index is 737. The monoisotopic (exact) mass is 573 g/mol. The summed E-state index contributed by atoms with van der Waals surface area (Å²) in [6.45, 7) is 4.40. The first-order chi connectivity index (χ1) is 18.7. The summed E-state index contributed by atoms with van der Waals surface area (Å²) in [4.78, 5) is 12.4. The fourth-order valence-corrected chi connectivity index (χ4v) is 5.23. The zero-order chi connectivity index (χ0) is 29.2. The molecule has 0 aromatic heterocycles. The van der Waals surface area contributed by atoms with E-state index in [1.807, 2.05) is 0 Å². The minimum Gasteiger partial charge on any atom is -0.387 e. The zero-order valence-corrected chi connectivity index (χ0v) is 25.7. The predicted octanol–water partition coefficient (Wildman–Crippen LogP) is 7.04. The molecule has 0 aromatic carbocycles. The largest absolute Gasteiger partial charge is 0.387 e. The zero-order valence-electron chi connectivity index (χ0n) is 24.9. The van der Waals surface area contributed by atoms with Crippen molar-refractivity contribution in [3.8, 4) is 0 Å². The molecule has 0 spiro atoms. The maximum absolute atomic E-state index is 12.4. The maximum atomic E-state index is 12.4. The highest BCUT2D eigenvalue weighted by Crippen LogP contribution is 2.12. The molecule has 0 saturated heterocycles. The van der Waals surface area contributed by atoms with E-state index in [-0.39, 0.29) is 6.42 Å². The van der Waals surface area contributed by atoms with E-state index in [0.717, 1.165) is 51.4 Å². The molecule has 0 aliphatic heterocycles. The Balaban J connectivity index is 4.28. The van der Waals surface area contributed by atoms with Crippen molar-refractivity contribution < 1.29 is 28.0 Å². The second kappa shape index (κ2) is 25.7. The van der Waals surface area contributed by atoms with Crippen LogP contribution >= 0.6 is 0 Å². The number of carbonyl (C=O) groups excluding carboxylic acids is 1. The van der Waals surface area contributed by atoms with Gasteiger partial charge in [0.25, 0.3) is 10.1 Å². The summed E-state index contributed by atoms with van der Waals surface area (Å²) in [5.74, 6) is -1.55. The number of hydrogen-bond donors (Lipinski definition) is 4. The van der Waals surface area contributed by atoms with E-state index in [1.54, 1.807) is 6.08 Å². The first-order valence-corrected chi connectivity index (χ1v) is 17.3. The van der Waals surface area contributed by atoms with Crippen molar-refractivity contribution in [3.05, 3.63) is 24.3 Å². The minimum atomic E-state index is -4.43. The topological polar surface area (TPSA) is 124 Å². The molecule has 39 heavy (non-hydrogen) atoms. The average molecular weight is 574 g/mol. The van der Waals surface area contributed by atoms with Crippen molar-refractivity contribution in [2.75, 3.05) is 5.75 Å². The first kappa shape index (κ1) is 37.8. The van der Waals surface area contributed by atoms with Gasteiger partial charge in [0.05, 0.1) is 17.9 Å². The van der Waals surface area contributed by atoms with Crippen LogP contribution < -0.4 is 5.32 Å². The molecule has 0 heterocycles. The van der Waals surface area contributed by atoms with Gasteiger partial charge in [0.2, 0.25) is 5.91 Å². The van der Waals surface area contributed by atoms with Crippen LogP contribution in [0.2, 0.25) is 0 Å². The number of aliphatic hydroxyl groups is 2. The van der Waals surface area contributed by atoms with Crippen LogP contribution in [0.15, 0.2) is 24.3 Å². The molecular formula is C31H59NO6S. The van der Waals surface area contributed by atoms with Gasteiger partial charge in [-0.05, 0) is 38.5 Å². The normalized spacial score (nSPS) is 14.7. The molecule has 0 aliphatic carbocycles. The van der Waals surface area contributed by atoms with Crippen LogP contribution in [0.1, 0.15) is 142 Å². The molecule has 0 bridgehead atoms. The van der Waals surface area contributed by atoms with Gasteiger partial charge in [-0.2, -0.15) is 8.42 Å². The maximum Gasteiger partial charge on any atom is 0.267 e. The predicted molar refractivity (Wildman–Crippen MR) is 162 cm³/mol. The number of rotatable bonds is 27. The Hall–Kier alpha value is -1.22. The third kappa shape index (κ3) is 25.5. The van der Waals surface area contributed by atoms with Crippen LogP contribution in [0.4, 0.5) is 0 Å². The quantitative estimate of drug-likeness (QED) is 0.0475. The van der Waals surface area contributed by atoms with Crippen molar-refractivity contribution in [1.29, 1.82) is 0 Å². The third-order valence-corrected chi connectivity index (χ3v) is 7.76. The smallest absolute Gasteiger partial charge is 0.267 e. The van der Waals surface area contributed by atoms with Crippen molar-refractivity contribution in [3.63, 3.8) is 0 Å². The molecule has 1 amide bonds. The second-order valence-electron chi connectivity index (χ2n) is 10.9. The fraction of sp³-hybridized carbons (Fsp3) is 0.839. The highest BCUT2D eigenvalue weighted by Gasteiger charge is 2.27. The van der Waals surface area contributed by atoms with E-state index in [1.165, 1.54) is 70.3 Å². The van der Waals surface area contributed by atoms with Crippen LogP contribution in [0.3, 0.4) is 0 Å². The number of nitrogens with one attached hydrogen (secondary N) is 1. The number of hydrogen-bond acceptors (Lipinski definition) is 5. The molecule has 7 nitrogen and oxygen atoms in total. The fourth-order valence-electron chi connectivity index (χ4n) is 4.49. The molecule has 230 valence electrons. The van der Waals surface area contributed by atoms with E-state index < -0.39 is 40.0 Å². The lowest BCUT2D eigenvalue weighted by atomic mass is 10.0. The Labute approximate surface area is 239 Å². The molecule has 0 rings (SSSR count). The molecule has 0 aliphatic rings. The summed E-state index contributed by atoms with van der Waals surface area (Å²) in [7, 11) is -4.43. The van der Waals surface area contributed by atoms with Gasteiger partial charge in [-0.1, -0.05) is 128 Å². The Morgan fingerprint density at radius 3 is 1.69 bits per heavy atom. The van der Waals surface area contributed by atoms with Crippen LogP contribution in [0, 0.1) is 0 Å². The van der Waals surface area contributed by atoms with E-state index >= 15 is 0 Å². The molecule has 3 unspecified atom stereocenters. The van der Waals surface area contributed by atoms with Gasteiger partial charge in [-0.15, -0.1) is 0 Å². The molecule has 4 N–H and O–H groups in total. The van der Waals surface area contributed by atoms with Gasteiger partial charge in [-0.3, -0.25) is 9.35 Å². The molecule has 3 atom stereocenters. The standard InChI is InChI=1S/C31H59NO6S/c1-3-5-7-9-11-13-15-16-18-19-21-23-25-29(33)28(27-39(36,37)38)32-31(35)30(34)26-24-22-20-17-14-12-10-8-6-4-2/h10,12,23,25,28-30,33-34H,3-9,11,13-22,24,26-27H2,1-2H3,(H,32,35)(H,36,37,38)/b12-10-,25-23+. The van der Waals surface area contributed by atoms with Gasteiger partial charge in [0, 0.05) is 0 Å². The number of allylic oxidation sites excluding steroid dienone is 3. The lowest BCUT2D eigenvalue weighted by Crippen LogP contribution is -2.50. The lowest BCUT2D eigenvalue weighted by Gasteiger charge is -2.22. The van der Waals surface area contributed by atoms with Crippen LogP contribution in [0.25, 0.3) is 0 Å². The molecule has 0 radical (unpaired) electrons. The van der Waals surface area contributed by atoms with Gasteiger partial charge in [-0.25, -0.2) is 0 Å². The van der Waals surface area contributed by atoms with Crippen molar-refractivity contribution in [1.82, 2.24) is 5.32 Å². The van der Waals surface area contributed by atoms with E-state index in [0.29, 0.717) is 6.42 Å². The molecule has 0 fully saturated rings. The lowest BCUT2D eigenvalue weighted by molar-refractivity contribution is -0.130. The van der Waals surface area contributed by atoms with E-state index in [2.05, 4.69) is 31.3 Å². The summed E-state index contributed by atoms with van der Waals surface area (Å²) in [6.07, 6.45) is 26.7. The highest BCUT2D eigenvalue weighted by molar-refractivity contribution is 7.85. The number of carbonyl (C=O) groups is 1. The molecule has 0 saturated carbocycles. The van der Waals surface area contributed by atoms with Crippen LogP contribution in [-0.2, 0) is 14.9 Å². The van der Waals surface area contributed by atoms with Gasteiger partial charge in [0.15, 0.2) is 0 Å². The van der Waals surface area contributed by atoms with Crippen molar-refractivity contribution >= 4 is 16.0 Å². The number of aliphatic hydroxyl groups excluding tert-OH is 2. The Kier molecular flexibility index (Phi) is 24.9. The van der Waals surface area contributed by atoms with Gasteiger partial charge < -0.3 is 15.5 Å². The average Bonchev–Trinajstić information content (AvgIpc) is 2.88.